The Kier molecular flexibility index (Phi) is 5.17. The van der Waals surface area contributed by atoms with Gasteiger partial charge in [0.2, 0.25) is 0 Å². The van der Waals surface area contributed by atoms with Crippen molar-refractivity contribution in [2.45, 2.75) is 33.2 Å². The van der Waals surface area contributed by atoms with Crippen LogP contribution in [0.2, 0.25) is 0 Å². The molecule has 0 radical (unpaired) electrons. The van der Waals surface area contributed by atoms with Crippen LogP contribution in [0.1, 0.15) is 41.9 Å². The van der Waals surface area contributed by atoms with Gasteiger partial charge >= 0.3 is 0 Å². The summed E-state index contributed by atoms with van der Waals surface area (Å²) < 4.78 is 5.37. The normalized spacial score (nSPS) is 10.6. The van der Waals surface area contributed by atoms with Crippen LogP contribution in [0.25, 0.3) is 0 Å². The monoisotopic (exact) mass is 286 g/mol. The molecule has 1 heterocycles. The van der Waals surface area contributed by atoms with Crippen LogP contribution in [0.4, 0.5) is 5.69 Å². The van der Waals surface area contributed by atoms with Gasteiger partial charge in [0.15, 0.2) is 0 Å². The lowest BCUT2D eigenvalue weighted by Gasteiger charge is -2.22. The number of carbonyl (C=O) groups is 1. The molecule has 4 nitrogen and oxygen atoms in total. The second-order valence-corrected chi connectivity index (χ2v) is 4.94. The van der Waals surface area contributed by atoms with E-state index in [0.29, 0.717) is 25.1 Å². The topological polar surface area (TPSA) is 59.5 Å². The third kappa shape index (κ3) is 3.34. The fourth-order valence-corrected chi connectivity index (χ4v) is 2.33. The molecule has 2 N–H and O–H groups in total. The zero-order valence-corrected chi connectivity index (χ0v) is 12.6. The number of benzene rings is 1. The first-order valence-corrected chi connectivity index (χ1v) is 7.38. The van der Waals surface area contributed by atoms with Crippen LogP contribution in [0.15, 0.2) is 41.0 Å². The van der Waals surface area contributed by atoms with Crippen LogP contribution in [-0.4, -0.2) is 12.5 Å². The molecule has 0 unspecified atom stereocenters. The largest absolute Gasteiger partial charge is 0.469 e. The van der Waals surface area contributed by atoms with Gasteiger partial charge in [0.1, 0.15) is 5.76 Å². The summed E-state index contributed by atoms with van der Waals surface area (Å²) in [5.74, 6) is 0.725. The van der Waals surface area contributed by atoms with Gasteiger partial charge in [0, 0.05) is 25.2 Å². The molecule has 0 saturated heterocycles. The maximum Gasteiger partial charge on any atom is 0.261 e. The van der Waals surface area contributed by atoms with Crippen molar-refractivity contribution in [1.29, 1.82) is 0 Å². The lowest BCUT2D eigenvalue weighted by Crippen LogP contribution is -2.32. The lowest BCUT2D eigenvalue weighted by molar-refractivity contribution is 0.0985. The van der Waals surface area contributed by atoms with Crippen LogP contribution < -0.4 is 10.6 Å². The van der Waals surface area contributed by atoms with Gasteiger partial charge in [-0.15, -0.1) is 0 Å². The molecule has 0 atom stereocenters. The number of amides is 1. The molecular formula is C17H22N2O2. The Morgan fingerprint density at radius 2 is 1.90 bits per heavy atom. The summed E-state index contributed by atoms with van der Waals surface area (Å²) in [5.41, 5.74) is 8.21. The molecule has 0 aliphatic rings. The van der Waals surface area contributed by atoms with E-state index in [1.54, 1.807) is 17.2 Å². The fraction of sp³-hybridized carbons (Fsp3) is 0.353. The van der Waals surface area contributed by atoms with Crippen LogP contribution >= 0.6 is 0 Å². The number of anilines is 1. The minimum absolute atomic E-state index is 0.0112. The summed E-state index contributed by atoms with van der Waals surface area (Å²) in [7, 11) is 0. The molecule has 0 aliphatic heterocycles. The molecular weight excluding hydrogens is 264 g/mol. The van der Waals surface area contributed by atoms with E-state index < -0.39 is 0 Å². The molecule has 0 fully saturated rings. The van der Waals surface area contributed by atoms with Crippen LogP contribution in [0.5, 0.6) is 0 Å². The molecule has 2 rings (SSSR count). The summed E-state index contributed by atoms with van der Waals surface area (Å²) in [4.78, 5) is 14.6. The van der Waals surface area contributed by atoms with Crippen molar-refractivity contribution in [3.05, 3.63) is 53.5 Å². The molecule has 0 spiro atoms. The highest BCUT2D eigenvalue weighted by atomic mass is 16.3. The van der Waals surface area contributed by atoms with Crippen LogP contribution in [0, 0.1) is 0 Å². The number of furan rings is 1. The molecule has 2 aromatic rings. The summed E-state index contributed by atoms with van der Waals surface area (Å²) in [5, 5.41) is 0. The zero-order valence-electron chi connectivity index (χ0n) is 12.6. The molecule has 1 aromatic heterocycles. The average Bonchev–Trinajstić information content (AvgIpc) is 3.00. The van der Waals surface area contributed by atoms with Crippen molar-refractivity contribution < 1.29 is 9.21 Å². The van der Waals surface area contributed by atoms with Gasteiger partial charge in [-0.3, -0.25) is 4.79 Å². The Hall–Kier alpha value is -2.07. The standard InChI is InChI=1S/C17H22N2O2/c1-3-10-19(14-7-5-13(12-18)6-8-14)17(20)15-9-11-21-16(15)4-2/h5-9,11H,3-4,10,12,18H2,1-2H3. The molecule has 0 aliphatic carbocycles. The summed E-state index contributed by atoms with van der Waals surface area (Å²) in [6.45, 7) is 5.22. The number of hydrogen-bond acceptors (Lipinski definition) is 3. The van der Waals surface area contributed by atoms with Crippen LogP contribution in [-0.2, 0) is 13.0 Å². The van der Waals surface area contributed by atoms with E-state index in [0.717, 1.165) is 23.4 Å². The first kappa shape index (κ1) is 15.3. The number of carbonyl (C=O) groups excluding carboxylic acids is 1. The van der Waals surface area contributed by atoms with Crippen molar-refractivity contribution in [1.82, 2.24) is 0 Å². The minimum Gasteiger partial charge on any atom is -0.469 e. The average molecular weight is 286 g/mol. The van der Waals surface area contributed by atoms with Gasteiger partial charge in [-0.05, 0) is 30.2 Å². The Bertz CT molecular complexity index is 587. The molecule has 21 heavy (non-hydrogen) atoms. The maximum atomic E-state index is 12.8. The highest BCUT2D eigenvalue weighted by Gasteiger charge is 2.21. The van der Waals surface area contributed by atoms with E-state index >= 15 is 0 Å². The first-order valence-electron chi connectivity index (χ1n) is 7.38. The van der Waals surface area contributed by atoms with Crippen LogP contribution in [0.3, 0.4) is 0 Å². The highest BCUT2D eigenvalue weighted by molar-refractivity contribution is 6.06. The smallest absolute Gasteiger partial charge is 0.261 e. The van der Waals surface area contributed by atoms with Crippen molar-refractivity contribution in [2.75, 3.05) is 11.4 Å². The molecule has 4 heteroatoms. The maximum absolute atomic E-state index is 12.8. The number of nitrogens with two attached hydrogens (primary N) is 1. The van der Waals surface area contributed by atoms with E-state index in [2.05, 4.69) is 6.92 Å². The highest BCUT2D eigenvalue weighted by Crippen LogP contribution is 2.21. The van der Waals surface area contributed by atoms with Crippen molar-refractivity contribution in [3.8, 4) is 0 Å². The zero-order chi connectivity index (χ0) is 15.2. The molecule has 0 saturated carbocycles. The summed E-state index contributed by atoms with van der Waals surface area (Å²) in [6.07, 6.45) is 3.18. The van der Waals surface area contributed by atoms with E-state index in [4.69, 9.17) is 10.2 Å². The van der Waals surface area contributed by atoms with Gasteiger partial charge in [-0.1, -0.05) is 26.0 Å². The molecule has 1 aromatic carbocycles. The molecule has 112 valence electrons. The first-order chi connectivity index (χ1) is 10.2. The number of hydrogen-bond donors (Lipinski definition) is 1. The number of nitrogens with zero attached hydrogens (tertiary/aromatic N) is 1. The lowest BCUT2D eigenvalue weighted by atomic mass is 10.1. The van der Waals surface area contributed by atoms with E-state index in [1.807, 2.05) is 31.2 Å². The number of aryl methyl sites for hydroxylation is 1. The third-order valence-corrected chi connectivity index (χ3v) is 3.47. The van der Waals surface area contributed by atoms with Gasteiger partial charge < -0.3 is 15.1 Å². The van der Waals surface area contributed by atoms with Gasteiger partial charge in [0.25, 0.3) is 5.91 Å². The predicted molar refractivity (Wildman–Crippen MR) is 84.4 cm³/mol. The quantitative estimate of drug-likeness (QED) is 0.885. The third-order valence-electron chi connectivity index (χ3n) is 3.47. The fourth-order valence-electron chi connectivity index (χ4n) is 2.33. The predicted octanol–water partition coefficient (Wildman–Crippen LogP) is 3.36. The summed E-state index contributed by atoms with van der Waals surface area (Å²) >= 11 is 0. The van der Waals surface area contributed by atoms with Gasteiger partial charge in [0.05, 0.1) is 11.8 Å². The van der Waals surface area contributed by atoms with E-state index in [-0.39, 0.29) is 5.91 Å². The van der Waals surface area contributed by atoms with Gasteiger partial charge in [-0.25, -0.2) is 0 Å². The van der Waals surface area contributed by atoms with E-state index in [1.165, 1.54) is 0 Å². The Morgan fingerprint density at radius 1 is 1.19 bits per heavy atom. The SMILES string of the molecule is CCCN(C(=O)c1ccoc1CC)c1ccc(CN)cc1. The molecule has 0 bridgehead atoms. The van der Waals surface area contributed by atoms with Crippen molar-refractivity contribution in [3.63, 3.8) is 0 Å². The number of rotatable bonds is 6. The summed E-state index contributed by atoms with van der Waals surface area (Å²) in [6, 6.07) is 9.56. The second kappa shape index (κ2) is 7.09. The van der Waals surface area contributed by atoms with Crippen molar-refractivity contribution in [2.24, 2.45) is 5.73 Å². The van der Waals surface area contributed by atoms with E-state index in [9.17, 15) is 4.79 Å². The Balaban J connectivity index is 2.31. The second-order valence-electron chi connectivity index (χ2n) is 4.94. The minimum atomic E-state index is -0.0112. The molecule has 1 amide bonds. The Labute approximate surface area is 125 Å². The Morgan fingerprint density at radius 3 is 2.48 bits per heavy atom. The van der Waals surface area contributed by atoms with Crippen molar-refractivity contribution >= 4 is 11.6 Å². The van der Waals surface area contributed by atoms with Gasteiger partial charge in [-0.2, -0.15) is 0 Å².